The van der Waals surface area contributed by atoms with Crippen LogP contribution in [0.3, 0.4) is 0 Å². The smallest absolute Gasteiger partial charge is 0.253 e. The Kier molecular flexibility index (Phi) is 5.23. The molecule has 0 radical (unpaired) electrons. The molecule has 0 spiro atoms. The highest BCUT2D eigenvalue weighted by atomic mass is 16.2. The Hall–Kier alpha value is -2.14. The van der Waals surface area contributed by atoms with Crippen LogP contribution < -0.4 is 0 Å². The number of benzene rings is 1. The van der Waals surface area contributed by atoms with Crippen LogP contribution in [0.15, 0.2) is 30.3 Å². The third-order valence-electron chi connectivity index (χ3n) is 4.95. The molecule has 5 heteroatoms. The van der Waals surface area contributed by atoms with E-state index in [1.807, 2.05) is 25.1 Å². The van der Waals surface area contributed by atoms with Gasteiger partial charge in [0.25, 0.3) is 5.91 Å². The van der Waals surface area contributed by atoms with Crippen LogP contribution in [0.5, 0.6) is 0 Å². The summed E-state index contributed by atoms with van der Waals surface area (Å²) in [5.41, 5.74) is 4.27. The molecule has 134 valence electrons. The number of amides is 1. The van der Waals surface area contributed by atoms with Crippen molar-refractivity contribution in [3.05, 3.63) is 52.8 Å². The van der Waals surface area contributed by atoms with E-state index in [2.05, 4.69) is 33.7 Å². The first-order valence-electron chi connectivity index (χ1n) is 9.00. The van der Waals surface area contributed by atoms with Crippen LogP contribution in [-0.2, 0) is 13.1 Å². The lowest BCUT2D eigenvalue weighted by molar-refractivity contribution is 0.0827. The Bertz CT molecular complexity index is 750. The number of nitrogens with zero attached hydrogens (tertiary/aromatic N) is 4. The normalized spacial score (nSPS) is 17.8. The highest BCUT2D eigenvalue weighted by Crippen LogP contribution is 2.22. The number of likely N-dealkylation sites (tertiary alicyclic amines) is 1. The zero-order valence-electron chi connectivity index (χ0n) is 15.7. The Morgan fingerprint density at radius 2 is 2.08 bits per heavy atom. The summed E-state index contributed by atoms with van der Waals surface area (Å²) in [6.07, 6.45) is 2.43. The van der Waals surface area contributed by atoms with E-state index in [4.69, 9.17) is 0 Å². The maximum atomic E-state index is 12.2. The maximum absolute atomic E-state index is 12.2. The fourth-order valence-electron chi connectivity index (χ4n) is 3.66. The van der Waals surface area contributed by atoms with Crippen LogP contribution >= 0.6 is 0 Å². The van der Waals surface area contributed by atoms with Crippen molar-refractivity contribution >= 4 is 5.91 Å². The molecule has 1 atom stereocenters. The monoisotopic (exact) mass is 340 g/mol. The van der Waals surface area contributed by atoms with Gasteiger partial charge in [-0.25, -0.2) is 0 Å². The zero-order chi connectivity index (χ0) is 18.0. The molecule has 2 heterocycles. The first-order valence-corrected chi connectivity index (χ1v) is 9.00. The van der Waals surface area contributed by atoms with Gasteiger partial charge in [-0.15, -0.1) is 0 Å². The lowest BCUT2D eigenvalue weighted by Crippen LogP contribution is -2.33. The summed E-state index contributed by atoms with van der Waals surface area (Å²) >= 11 is 0. The van der Waals surface area contributed by atoms with E-state index in [0.717, 1.165) is 30.9 Å². The second kappa shape index (κ2) is 7.40. The molecule has 1 fully saturated rings. The minimum atomic E-state index is 0.0578. The molecule has 1 aliphatic rings. The highest BCUT2D eigenvalue weighted by Gasteiger charge is 2.25. The van der Waals surface area contributed by atoms with E-state index < -0.39 is 0 Å². The summed E-state index contributed by atoms with van der Waals surface area (Å²) in [6, 6.07) is 10.7. The van der Waals surface area contributed by atoms with Gasteiger partial charge in [-0.05, 0) is 57.0 Å². The number of aryl methyl sites for hydroxylation is 2. The Morgan fingerprint density at radius 1 is 1.28 bits per heavy atom. The summed E-state index contributed by atoms with van der Waals surface area (Å²) in [5.74, 6) is 0.0578. The number of hydrogen-bond acceptors (Lipinski definition) is 3. The zero-order valence-corrected chi connectivity index (χ0v) is 15.7. The molecular weight excluding hydrogens is 312 g/mol. The molecule has 0 bridgehead atoms. The van der Waals surface area contributed by atoms with Crippen molar-refractivity contribution in [1.29, 1.82) is 0 Å². The third-order valence-corrected chi connectivity index (χ3v) is 4.95. The van der Waals surface area contributed by atoms with Crippen LogP contribution in [-0.4, -0.2) is 52.2 Å². The SMILES string of the molecule is Cc1cc(C)n(CC2CCCN2Cc2cccc(C(=O)N(C)C)c2)n1. The molecule has 3 rings (SSSR count). The van der Waals surface area contributed by atoms with Gasteiger partial charge in [0.15, 0.2) is 0 Å². The number of carbonyl (C=O) groups excluding carboxylic acids is 1. The molecule has 0 N–H and O–H groups in total. The maximum Gasteiger partial charge on any atom is 0.253 e. The topological polar surface area (TPSA) is 41.4 Å². The van der Waals surface area contributed by atoms with Crippen molar-refractivity contribution < 1.29 is 4.79 Å². The second-order valence-corrected chi connectivity index (χ2v) is 7.28. The molecule has 25 heavy (non-hydrogen) atoms. The van der Waals surface area contributed by atoms with Crippen LogP contribution in [0.25, 0.3) is 0 Å². The van der Waals surface area contributed by atoms with Gasteiger partial charge in [0.1, 0.15) is 0 Å². The average molecular weight is 340 g/mol. The minimum absolute atomic E-state index is 0.0578. The average Bonchev–Trinajstić information content (AvgIpc) is 3.13. The summed E-state index contributed by atoms with van der Waals surface area (Å²) in [6.45, 7) is 7.10. The molecular formula is C20H28N4O. The fraction of sp³-hybridized carbons (Fsp3) is 0.500. The Labute approximate surface area is 150 Å². The van der Waals surface area contributed by atoms with Gasteiger partial charge in [-0.1, -0.05) is 12.1 Å². The van der Waals surface area contributed by atoms with Crippen molar-refractivity contribution in [1.82, 2.24) is 19.6 Å². The van der Waals surface area contributed by atoms with E-state index in [1.165, 1.54) is 24.1 Å². The third kappa shape index (κ3) is 4.10. The van der Waals surface area contributed by atoms with Gasteiger partial charge in [0.2, 0.25) is 0 Å². The van der Waals surface area contributed by atoms with Crippen molar-refractivity contribution in [2.45, 2.75) is 45.8 Å². The fourth-order valence-corrected chi connectivity index (χ4v) is 3.66. The molecule has 1 aromatic heterocycles. The van der Waals surface area contributed by atoms with Crippen LogP contribution in [0.4, 0.5) is 0 Å². The number of rotatable bonds is 5. The Morgan fingerprint density at radius 3 is 2.76 bits per heavy atom. The lowest BCUT2D eigenvalue weighted by Gasteiger charge is -2.25. The van der Waals surface area contributed by atoms with Crippen molar-refractivity contribution in [3.63, 3.8) is 0 Å². The minimum Gasteiger partial charge on any atom is -0.345 e. The van der Waals surface area contributed by atoms with Crippen LogP contribution in [0, 0.1) is 13.8 Å². The van der Waals surface area contributed by atoms with E-state index in [9.17, 15) is 4.79 Å². The van der Waals surface area contributed by atoms with Crippen molar-refractivity contribution in [2.24, 2.45) is 0 Å². The predicted octanol–water partition coefficient (Wildman–Crippen LogP) is 2.87. The largest absolute Gasteiger partial charge is 0.345 e. The number of carbonyl (C=O) groups is 1. The summed E-state index contributed by atoms with van der Waals surface area (Å²) in [7, 11) is 3.58. The van der Waals surface area contributed by atoms with Gasteiger partial charge in [-0.2, -0.15) is 5.10 Å². The molecule has 0 saturated carbocycles. The van der Waals surface area contributed by atoms with Crippen molar-refractivity contribution in [2.75, 3.05) is 20.6 Å². The molecule has 2 aromatic rings. The van der Waals surface area contributed by atoms with Gasteiger partial charge < -0.3 is 4.90 Å². The lowest BCUT2D eigenvalue weighted by atomic mass is 10.1. The summed E-state index contributed by atoms with van der Waals surface area (Å²) in [4.78, 5) is 16.3. The van der Waals surface area contributed by atoms with Gasteiger partial charge in [0.05, 0.1) is 12.2 Å². The quantitative estimate of drug-likeness (QED) is 0.840. The van der Waals surface area contributed by atoms with E-state index >= 15 is 0 Å². The predicted molar refractivity (Wildman–Crippen MR) is 99.6 cm³/mol. The molecule has 1 amide bonds. The van der Waals surface area contributed by atoms with E-state index in [-0.39, 0.29) is 5.91 Å². The summed E-state index contributed by atoms with van der Waals surface area (Å²) < 4.78 is 2.13. The highest BCUT2D eigenvalue weighted by molar-refractivity contribution is 5.94. The first kappa shape index (κ1) is 17.7. The molecule has 1 unspecified atom stereocenters. The molecule has 1 saturated heterocycles. The molecule has 0 aliphatic carbocycles. The standard InChI is InChI=1S/C20H28N4O/c1-15-11-16(2)24(21-15)14-19-9-6-10-23(19)13-17-7-5-8-18(12-17)20(25)22(3)4/h5,7-8,11-12,19H,6,9-10,13-14H2,1-4H3. The summed E-state index contributed by atoms with van der Waals surface area (Å²) in [5, 5.41) is 4.61. The second-order valence-electron chi connectivity index (χ2n) is 7.28. The van der Waals surface area contributed by atoms with Gasteiger partial charge in [0, 0.05) is 37.9 Å². The van der Waals surface area contributed by atoms with Gasteiger partial charge >= 0.3 is 0 Å². The van der Waals surface area contributed by atoms with Gasteiger partial charge in [-0.3, -0.25) is 14.4 Å². The first-order chi connectivity index (χ1) is 11.9. The Balaban J connectivity index is 1.70. The van der Waals surface area contributed by atoms with E-state index in [1.54, 1.807) is 19.0 Å². The van der Waals surface area contributed by atoms with E-state index in [0.29, 0.717) is 6.04 Å². The molecule has 1 aliphatic heterocycles. The van der Waals surface area contributed by atoms with Crippen molar-refractivity contribution in [3.8, 4) is 0 Å². The van der Waals surface area contributed by atoms with Crippen LogP contribution in [0.2, 0.25) is 0 Å². The molecule has 1 aromatic carbocycles. The van der Waals surface area contributed by atoms with Crippen LogP contribution in [0.1, 0.15) is 40.2 Å². The molecule has 5 nitrogen and oxygen atoms in total. The number of hydrogen-bond donors (Lipinski definition) is 0. The number of aromatic nitrogens is 2.